The molecule has 2 aromatic rings. The quantitative estimate of drug-likeness (QED) is 0.772. The summed E-state index contributed by atoms with van der Waals surface area (Å²) in [6.45, 7) is 6.07. The third kappa shape index (κ3) is 4.94. The molecular weight excluding hydrogens is 340 g/mol. The molecular formula is C21H24N4O2. The average Bonchev–Trinajstić information content (AvgIpc) is 2.73. The van der Waals surface area contributed by atoms with E-state index >= 15 is 0 Å². The van der Waals surface area contributed by atoms with Crippen molar-refractivity contribution in [1.82, 2.24) is 10.3 Å². The molecule has 1 aromatic carbocycles. The van der Waals surface area contributed by atoms with E-state index in [1.54, 1.807) is 12.1 Å². The van der Waals surface area contributed by atoms with Crippen molar-refractivity contribution >= 4 is 23.2 Å². The number of piperidine rings is 1. The highest BCUT2D eigenvalue weighted by molar-refractivity contribution is 6.05. The first-order chi connectivity index (χ1) is 13.2. The SMILES string of the molecule is C=CCNC(=O)c1cc(C(=O)Nc2ccc(N3CCCCC3)cc2)ccn1. The van der Waals surface area contributed by atoms with E-state index < -0.39 is 0 Å². The lowest BCUT2D eigenvalue weighted by atomic mass is 10.1. The number of nitrogens with one attached hydrogen (secondary N) is 2. The maximum Gasteiger partial charge on any atom is 0.270 e. The molecule has 27 heavy (non-hydrogen) atoms. The Labute approximate surface area is 159 Å². The van der Waals surface area contributed by atoms with Gasteiger partial charge in [-0.1, -0.05) is 6.08 Å². The minimum atomic E-state index is -0.338. The van der Waals surface area contributed by atoms with Crippen LogP contribution in [0.5, 0.6) is 0 Å². The molecule has 1 saturated heterocycles. The lowest BCUT2D eigenvalue weighted by Crippen LogP contribution is -2.29. The number of amides is 2. The van der Waals surface area contributed by atoms with Crippen molar-refractivity contribution in [3.8, 4) is 0 Å². The Morgan fingerprint density at radius 1 is 1.07 bits per heavy atom. The van der Waals surface area contributed by atoms with Crippen molar-refractivity contribution in [2.75, 3.05) is 29.9 Å². The summed E-state index contributed by atoms with van der Waals surface area (Å²) in [4.78, 5) is 30.8. The third-order valence-corrected chi connectivity index (χ3v) is 4.51. The Bertz CT molecular complexity index is 811. The minimum absolute atomic E-state index is 0.199. The largest absolute Gasteiger partial charge is 0.372 e. The van der Waals surface area contributed by atoms with Gasteiger partial charge < -0.3 is 15.5 Å². The Morgan fingerprint density at radius 3 is 2.52 bits per heavy atom. The van der Waals surface area contributed by atoms with E-state index in [2.05, 4.69) is 27.1 Å². The molecule has 1 aromatic heterocycles. The highest BCUT2D eigenvalue weighted by Crippen LogP contribution is 2.22. The fraction of sp³-hybridized carbons (Fsp3) is 0.286. The van der Waals surface area contributed by atoms with Crippen LogP contribution in [-0.2, 0) is 0 Å². The van der Waals surface area contributed by atoms with E-state index in [0.717, 1.165) is 18.8 Å². The van der Waals surface area contributed by atoms with Crippen LogP contribution in [0, 0.1) is 0 Å². The van der Waals surface area contributed by atoms with Crippen LogP contribution >= 0.6 is 0 Å². The maximum atomic E-state index is 12.5. The molecule has 2 heterocycles. The monoisotopic (exact) mass is 364 g/mol. The highest BCUT2D eigenvalue weighted by atomic mass is 16.2. The molecule has 3 rings (SSSR count). The number of benzene rings is 1. The number of nitrogens with zero attached hydrogens (tertiary/aromatic N) is 2. The van der Waals surface area contributed by atoms with E-state index in [4.69, 9.17) is 0 Å². The summed E-state index contributed by atoms with van der Waals surface area (Å²) >= 11 is 0. The average molecular weight is 364 g/mol. The summed E-state index contributed by atoms with van der Waals surface area (Å²) in [5, 5.41) is 5.51. The zero-order chi connectivity index (χ0) is 19.1. The first-order valence-corrected chi connectivity index (χ1v) is 9.19. The second kappa shape index (κ2) is 8.98. The summed E-state index contributed by atoms with van der Waals surface area (Å²) in [7, 11) is 0. The van der Waals surface area contributed by atoms with Crippen molar-refractivity contribution in [1.29, 1.82) is 0 Å². The molecule has 0 atom stereocenters. The van der Waals surface area contributed by atoms with Crippen LogP contribution in [0.1, 0.15) is 40.1 Å². The number of aromatic nitrogens is 1. The summed E-state index contributed by atoms with van der Waals surface area (Å²) < 4.78 is 0. The molecule has 0 bridgehead atoms. The molecule has 2 amide bonds. The lowest BCUT2D eigenvalue weighted by molar-refractivity contribution is 0.0953. The van der Waals surface area contributed by atoms with Crippen LogP contribution in [-0.4, -0.2) is 36.4 Å². The first kappa shape index (κ1) is 18.6. The molecule has 6 heteroatoms. The molecule has 0 radical (unpaired) electrons. The predicted octanol–water partition coefficient (Wildman–Crippen LogP) is 3.24. The van der Waals surface area contributed by atoms with E-state index in [0.29, 0.717) is 12.1 Å². The van der Waals surface area contributed by atoms with Gasteiger partial charge in [-0.25, -0.2) is 0 Å². The summed E-state index contributed by atoms with van der Waals surface area (Å²) in [5.74, 6) is -0.615. The second-order valence-electron chi connectivity index (χ2n) is 6.48. The van der Waals surface area contributed by atoms with Crippen LogP contribution in [0.2, 0.25) is 0 Å². The van der Waals surface area contributed by atoms with Gasteiger partial charge in [0.1, 0.15) is 5.69 Å². The van der Waals surface area contributed by atoms with Gasteiger partial charge in [0.2, 0.25) is 0 Å². The van der Waals surface area contributed by atoms with Gasteiger partial charge in [0.05, 0.1) is 0 Å². The molecule has 0 spiro atoms. The topological polar surface area (TPSA) is 74.3 Å². The van der Waals surface area contributed by atoms with Crippen molar-refractivity contribution in [2.45, 2.75) is 19.3 Å². The Hall–Kier alpha value is -3.15. The Morgan fingerprint density at radius 2 is 1.81 bits per heavy atom. The number of carbonyl (C=O) groups is 2. The first-order valence-electron chi connectivity index (χ1n) is 9.19. The van der Waals surface area contributed by atoms with Gasteiger partial charge in [0.25, 0.3) is 11.8 Å². The van der Waals surface area contributed by atoms with Crippen LogP contribution in [0.15, 0.2) is 55.3 Å². The van der Waals surface area contributed by atoms with Gasteiger partial charge in [0, 0.05) is 42.8 Å². The Balaban J connectivity index is 1.64. The summed E-state index contributed by atoms with van der Waals surface area (Å²) in [6.07, 6.45) is 6.79. The van der Waals surface area contributed by atoms with Crippen LogP contribution < -0.4 is 15.5 Å². The van der Waals surface area contributed by atoms with Gasteiger partial charge in [-0.3, -0.25) is 14.6 Å². The number of anilines is 2. The standard InChI is InChI=1S/C21H24N4O2/c1-2-11-23-21(27)19-15-16(10-12-22-19)20(26)24-17-6-8-18(9-7-17)25-13-4-3-5-14-25/h2,6-10,12,15H,1,3-5,11,13-14H2,(H,23,27)(H,24,26). The van der Waals surface area contributed by atoms with E-state index in [1.165, 1.54) is 37.2 Å². The van der Waals surface area contributed by atoms with Crippen molar-refractivity contribution in [3.05, 3.63) is 66.5 Å². The molecule has 140 valence electrons. The number of pyridine rings is 1. The fourth-order valence-corrected chi connectivity index (χ4v) is 3.06. The fourth-order valence-electron chi connectivity index (χ4n) is 3.06. The van der Waals surface area contributed by atoms with Crippen LogP contribution in [0.3, 0.4) is 0 Å². The molecule has 1 fully saturated rings. The minimum Gasteiger partial charge on any atom is -0.372 e. The third-order valence-electron chi connectivity index (χ3n) is 4.51. The number of carbonyl (C=O) groups excluding carboxylic acids is 2. The van der Waals surface area contributed by atoms with E-state index in [9.17, 15) is 9.59 Å². The smallest absolute Gasteiger partial charge is 0.270 e. The maximum absolute atomic E-state index is 12.5. The van der Waals surface area contributed by atoms with Gasteiger partial charge in [-0.15, -0.1) is 6.58 Å². The van der Waals surface area contributed by atoms with E-state index in [-0.39, 0.29) is 17.5 Å². The molecule has 1 aliphatic rings. The van der Waals surface area contributed by atoms with Gasteiger partial charge in [0.15, 0.2) is 0 Å². The molecule has 0 saturated carbocycles. The Kier molecular flexibility index (Phi) is 6.20. The number of hydrogen-bond donors (Lipinski definition) is 2. The summed E-state index contributed by atoms with van der Waals surface area (Å²) in [6, 6.07) is 10.9. The molecule has 2 N–H and O–H groups in total. The number of rotatable bonds is 6. The zero-order valence-electron chi connectivity index (χ0n) is 15.3. The van der Waals surface area contributed by atoms with Crippen molar-refractivity contribution in [2.24, 2.45) is 0 Å². The highest BCUT2D eigenvalue weighted by Gasteiger charge is 2.13. The second-order valence-corrected chi connectivity index (χ2v) is 6.48. The van der Waals surface area contributed by atoms with Crippen LogP contribution in [0.25, 0.3) is 0 Å². The lowest BCUT2D eigenvalue weighted by Gasteiger charge is -2.28. The van der Waals surface area contributed by atoms with Gasteiger partial charge in [-0.2, -0.15) is 0 Å². The molecule has 0 aliphatic carbocycles. The molecule has 6 nitrogen and oxygen atoms in total. The summed E-state index contributed by atoms with van der Waals surface area (Å²) in [5.41, 5.74) is 2.48. The zero-order valence-corrected chi connectivity index (χ0v) is 15.3. The van der Waals surface area contributed by atoms with Gasteiger partial charge in [-0.05, 0) is 55.7 Å². The normalized spacial score (nSPS) is 13.7. The van der Waals surface area contributed by atoms with Crippen molar-refractivity contribution < 1.29 is 9.59 Å². The number of hydrogen-bond acceptors (Lipinski definition) is 4. The van der Waals surface area contributed by atoms with E-state index in [1.807, 2.05) is 24.3 Å². The van der Waals surface area contributed by atoms with Crippen LogP contribution in [0.4, 0.5) is 11.4 Å². The molecule has 1 aliphatic heterocycles. The van der Waals surface area contributed by atoms with Gasteiger partial charge >= 0.3 is 0 Å². The predicted molar refractivity (Wildman–Crippen MR) is 107 cm³/mol. The van der Waals surface area contributed by atoms with Crippen molar-refractivity contribution in [3.63, 3.8) is 0 Å². The molecule has 0 unspecified atom stereocenters.